The number of carbonyl (C=O) groups excluding carboxylic acids is 10. The van der Waals surface area contributed by atoms with Gasteiger partial charge < -0.3 is 96.8 Å². The second-order valence-corrected chi connectivity index (χ2v) is 14.0. The average Bonchev–Trinajstić information content (AvgIpc) is 3.32. The first kappa shape index (κ1) is 62.3. The highest BCUT2D eigenvalue weighted by Gasteiger charge is 2.27. The predicted octanol–water partition coefficient (Wildman–Crippen LogP) is -6.96. The van der Waals surface area contributed by atoms with Crippen LogP contribution < -0.4 is 58.9 Å². The molecular weight excluding hydrogens is 910 g/mol. The van der Waals surface area contributed by atoms with Crippen molar-refractivity contribution >= 4 is 59.1 Å². The number of nitrogens with two attached hydrogens (primary N) is 1. The minimum absolute atomic E-state index is 0.122. The molecule has 0 heterocycles. The zero-order valence-corrected chi connectivity index (χ0v) is 39.2. The van der Waals surface area contributed by atoms with Gasteiger partial charge in [-0.1, -0.05) is 0 Å². The first-order valence-electron chi connectivity index (χ1n) is 21.4. The van der Waals surface area contributed by atoms with Crippen LogP contribution in [0.3, 0.4) is 0 Å². The van der Waals surface area contributed by atoms with Crippen LogP contribution in [0.25, 0.3) is 0 Å². The Balaban J connectivity index is 5.57. The molecule has 0 aliphatic heterocycles. The van der Waals surface area contributed by atoms with E-state index in [4.69, 9.17) is 43.6 Å². The molecule has 0 aromatic heterocycles. The average molecular weight is 982 g/mol. The van der Waals surface area contributed by atoms with Crippen LogP contribution in [-0.2, 0) is 85.8 Å². The number of carbonyl (C=O) groups is 10. The van der Waals surface area contributed by atoms with Crippen molar-refractivity contribution in [3.05, 3.63) is 0 Å². The van der Waals surface area contributed by atoms with Crippen LogP contribution in [0.1, 0.15) is 38.5 Å². The summed E-state index contributed by atoms with van der Waals surface area (Å²) in [4.78, 5) is 126. The summed E-state index contributed by atoms with van der Waals surface area (Å²) in [5.41, 5.74) is 6.08. The predicted molar refractivity (Wildman–Crippen MR) is 235 cm³/mol. The molecule has 0 fully saturated rings. The Morgan fingerprint density at radius 3 is 1.00 bits per heavy atom. The van der Waals surface area contributed by atoms with Gasteiger partial charge in [0.05, 0.1) is 85.1 Å². The van der Waals surface area contributed by atoms with E-state index in [2.05, 4.69) is 53.2 Å². The summed E-state index contributed by atoms with van der Waals surface area (Å²) in [7, 11) is 5.91. The lowest BCUT2D eigenvalue weighted by atomic mass is 10.1. The van der Waals surface area contributed by atoms with Crippen molar-refractivity contribution in [1.82, 2.24) is 53.2 Å². The largest absolute Gasteiger partial charge is 0.382 e. The van der Waals surface area contributed by atoms with Gasteiger partial charge in [-0.2, -0.15) is 0 Å². The van der Waals surface area contributed by atoms with Gasteiger partial charge in [0.2, 0.25) is 59.1 Å². The van der Waals surface area contributed by atoms with Crippen LogP contribution in [0.4, 0.5) is 0 Å². The number of methoxy groups -OCH3 is 4. The van der Waals surface area contributed by atoms with Crippen LogP contribution in [-0.4, -0.2) is 212 Å². The minimum Gasteiger partial charge on any atom is -0.382 e. The lowest BCUT2D eigenvalue weighted by Crippen LogP contribution is -2.53. The second kappa shape index (κ2) is 41.5. The molecule has 0 saturated carbocycles. The number of hydrogen-bond donors (Lipinski definition) is 11. The maximum atomic E-state index is 13.2. The third-order valence-electron chi connectivity index (χ3n) is 8.58. The van der Waals surface area contributed by atoms with E-state index in [1.807, 2.05) is 0 Å². The van der Waals surface area contributed by atoms with Crippen molar-refractivity contribution in [2.24, 2.45) is 5.73 Å². The van der Waals surface area contributed by atoms with Crippen LogP contribution in [0, 0.1) is 0 Å². The van der Waals surface area contributed by atoms with Gasteiger partial charge in [-0.25, -0.2) is 0 Å². The summed E-state index contributed by atoms with van der Waals surface area (Å²) in [6.45, 7) is -0.421. The first-order valence-corrected chi connectivity index (χ1v) is 21.4. The molecule has 0 spiro atoms. The van der Waals surface area contributed by atoms with Gasteiger partial charge in [-0.15, -0.1) is 0 Å². The molecule has 0 rings (SSSR count). The van der Waals surface area contributed by atoms with Gasteiger partial charge in [-0.3, -0.25) is 47.9 Å². The van der Waals surface area contributed by atoms with E-state index in [1.165, 1.54) is 28.4 Å². The van der Waals surface area contributed by atoms with E-state index in [0.717, 1.165) is 0 Å². The third-order valence-corrected chi connectivity index (χ3v) is 8.58. The van der Waals surface area contributed by atoms with Crippen molar-refractivity contribution in [2.75, 3.05) is 134 Å². The maximum absolute atomic E-state index is 13.2. The molecule has 0 radical (unpaired) electrons. The highest BCUT2D eigenvalue weighted by atomic mass is 16.5. The van der Waals surface area contributed by atoms with Crippen LogP contribution in [0.2, 0.25) is 0 Å². The highest BCUT2D eigenvalue weighted by molar-refractivity contribution is 5.94. The van der Waals surface area contributed by atoms with Crippen LogP contribution in [0.15, 0.2) is 0 Å². The Labute approximate surface area is 394 Å². The number of ether oxygens (including phenoxy) is 8. The van der Waals surface area contributed by atoms with Gasteiger partial charge >= 0.3 is 0 Å². The molecule has 3 atom stereocenters. The van der Waals surface area contributed by atoms with Crippen molar-refractivity contribution in [3.63, 3.8) is 0 Å². The van der Waals surface area contributed by atoms with Crippen molar-refractivity contribution in [1.29, 1.82) is 0 Å². The topological polar surface area (TPSA) is 391 Å². The fourth-order valence-corrected chi connectivity index (χ4v) is 4.80. The molecular formula is C39H71N11O18. The van der Waals surface area contributed by atoms with Crippen molar-refractivity contribution in [3.8, 4) is 0 Å². The van der Waals surface area contributed by atoms with Gasteiger partial charge in [0.25, 0.3) is 0 Å². The van der Waals surface area contributed by atoms with E-state index in [1.54, 1.807) is 0 Å². The molecule has 68 heavy (non-hydrogen) atoms. The lowest BCUT2D eigenvalue weighted by molar-refractivity contribution is -0.132. The fraction of sp³-hybridized carbons (Fsp3) is 0.744. The second-order valence-electron chi connectivity index (χ2n) is 14.0. The highest BCUT2D eigenvalue weighted by Crippen LogP contribution is 2.04. The number of nitrogens with one attached hydrogen (secondary N) is 10. The maximum Gasteiger partial charge on any atom is 0.243 e. The zero-order chi connectivity index (χ0) is 50.8. The van der Waals surface area contributed by atoms with Gasteiger partial charge in [0, 0.05) is 47.7 Å². The lowest BCUT2D eigenvalue weighted by Gasteiger charge is -2.21. The standard InChI is InChI=1S/C39H71N11O18/c1-61-11-15-65-23-45-33(54)19-41-30(51)9-6-28(38(59)43-21-35(56)47-25-67-17-13-63-3)49-32(53)8-5-27(40)37(58)50-29(39(60)44-22-36(57)48-26-68-18-14-64-4)7-10-31(52)42-20-34(55)46-24-66-16-12-62-2/h27-29H,5-26,40H2,1-4H3,(H,41,51)(H,42,52)(H,43,59)(H,44,60)(H,45,54)(H,46,55)(H,47,56)(H,48,57)(H,49,53)(H,50,58). The molecule has 12 N–H and O–H groups in total. The normalized spacial score (nSPS) is 12.0. The molecule has 3 unspecified atom stereocenters. The van der Waals surface area contributed by atoms with E-state index < -0.39 is 110 Å². The number of rotatable bonds is 42. The fourth-order valence-electron chi connectivity index (χ4n) is 4.80. The van der Waals surface area contributed by atoms with Crippen molar-refractivity contribution < 1.29 is 85.8 Å². The molecule has 390 valence electrons. The van der Waals surface area contributed by atoms with E-state index in [0.29, 0.717) is 13.2 Å². The molecule has 29 nitrogen and oxygen atoms in total. The number of hydrogen-bond acceptors (Lipinski definition) is 19. The molecule has 0 saturated heterocycles. The molecule has 0 aliphatic rings. The SMILES string of the molecule is COCCOCNC(=O)CNC(=O)CCC(NC(=O)CCC(N)C(=O)NC(CCC(=O)NCC(=O)NCOCCOC)C(=O)NCC(=O)NCOCCOC)C(=O)NCC(=O)NCOCCOC. The summed E-state index contributed by atoms with van der Waals surface area (Å²) in [6.07, 6.45) is -2.07. The van der Waals surface area contributed by atoms with Gasteiger partial charge in [0.1, 0.15) is 39.0 Å². The Morgan fingerprint density at radius 2 is 0.662 bits per heavy atom. The molecule has 0 aliphatic carbocycles. The number of amides is 10. The summed E-state index contributed by atoms with van der Waals surface area (Å²) >= 11 is 0. The first-order chi connectivity index (χ1) is 32.7. The summed E-state index contributed by atoms with van der Waals surface area (Å²) in [5, 5.41) is 24.0. The van der Waals surface area contributed by atoms with E-state index >= 15 is 0 Å². The smallest absolute Gasteiger partial charge is 0.243 e. The molecule has 0 bridgehead atoms. The Hall–Kier alpha value is -5.66. The molecule has 0 aromatic carbocycles. The van der Waals surface area contributed by atoms with Crippen LogP contribution >= 0.6 is 0 Å². The molecule has 0 aromatic rings. The minimum atomic E-state index is -1.42. The molecule has 29 heteroatoms. The quantitative estimate of drug-likeness (QED) is 0.0200. The molecule has 10 amide bonds. The Morgan fingerprint density at radius 1 is 0.353 bits per heavy atom. The van der Waals surface area contributed by atoms with E-state index in [9.17, 15) is 47.9 Å². The van der Waals surface area contributed by atoms with Gasteiger partial charge in [-0.05, 0) is 19.3 Å². The Bertz CT molecular complexity index is 1530. The summed E-state index contributed by atoms with van der Waals surface area (Å²) in [6, 6.07) is -4.21. The monoisotopic (exact) mass is 981 g/mol. The summed E-state index contributed by atoms with van der Waals surface area (Å²) in [5.74, 6) is -7.11. The van der Waals surface area contributed by atoms with Gasteiger partial charge in [0.15, 0.2) is 0 Å². The zero-order valence-electron chi connectivity index (χ0n) is 39.2. The van der Waals surface area contributed by atoms with Crippen LogP contribution in [0.5, 0.6) is 0 Å². The Kier molecular flexibility index (Phi) is 38.1. The third kappa shape index (κ3) is 35.5. The summed E-state index contributed by atoms with van der Waals surface area (Å²) < 4.78 is 40.0. The van der Waals surface area contributed by atoms with Crippen molar-refractivity contribution in [2.45, 2.75) is 56.7 Å². The van der Waals surface area contributed by atoms with E-state index in [-0.39, 0.29) is 98.7 Å².